The number of hydrogen-bond donors (Lipinski definition) is 1. The maximum absolute atomic E-state index is 12.2. The van der Waals surface area contributed by atoms with E-state index in [2.05, 4.69) is 26.1 Å². The Balaban J connectivity index is 2.33. The summed E-state index contributed by atoms with van der Waals surface area (Å²) in [5, 5.41) is 3.77. The number of nitrogens with one attached hydrogen (secondary N) is 1. The van der Waals surface area contributed by atoms with Gasteiger partial charge >= 0.3 is 6.09 Å². The molecule has 1 atom stereocenters. The monoisotopic (exact) mass is 326 g/mol. The summed E-state index contributed by atoms with van der Waals surface area (Å²) in [6, 6.07) is 1.50. The Morgan fingerprint density at radius 3 is 2.17 bits per heavy atom. The van der Waals surface area contributed by atoms with Crippen molar-refractivity contribution in [1.29, 1.82) is 0 Å². The highest BCUT2D eigenvalue weighted by molar-refractivity contribution is 5.68. The number of rotatable bonds is 6. The third kappa shape index (κ3) is 8.05. The first-order valence-electron chi connectivity index (χ1n) is 9.30. The van der Waals surface area contributed by atoms with Crippen molar-refractivity contribution in [2.24, 2.45) is 5.92 Å². The van der Waals surface area contributed by atoms with Gasteiger partial charge in [0.05, 0.1) is 0 Å². The van der Waals surface area contributed by atoms with E-state index in [1.807, 2.05) is 27.8 Å². The third-order valence-electron chi connectivity index (χ3n) is 4.62. The maximum Gasteiger partial charge on any atom is 0.410 e. The van der Waals surface area contributed by atoms with Gasteiger partial charge in [-0.25, -0.2) is 4.79 Å². The van der Waals surface area contributed by atoms with E-state index in [0.29, 0.717) is 18.1 Å². The van der Waals surface area contributed by atoms with Gasteiger partial charge in [-0.3, -0.25) is 0 Å². The zero-order valence-electron chi connectivity index (χ0n) is 16.3. The van der Waals surface area contributed by atoms with E-state index < -0.39 is 5.60 Å². The largest absolute Gasteiger partial charge is 0.444 e. The van der Waals surface area contributed by atoms with E-state index in [4.69, 9.17) is 4.74 Å². The van der Waals surface area contributed by atoms with E-state index in [1.54, 1.807) is 4.90 Å². The lowest BCUT2D eigenvalue weighted by Crippen LogP contribution is -2.46. The number of carbonyl (C=O) groups is 1. The highest BCUT2D eigenvalue weighted by Gasteiger charge is 2.29. The molecule has 0 aromatic rings. The Bertz CT molecular complexity index is 355. The van der Waals surface area contributed by atoms with Gasteiger partial charge in [0.15, 0.2) is 0 Å². The average molecular weight is 327 g/mol. The van der Waals surface area contributed by atoms with Crippen LogP contribution in [0.15, 0.2) is 0 Å². The lowest BCUT2D eigenvalue weighted by Gasteiger charge is -2.36. The van der Waals surface area contributed by atoms with Gasteiger partial charge in [-0.15, -0.1) is 0 Å². The standard InChI is InChI=1S/C19H38N2O2/c1-14(2)8-9-15(3)20-16-10-12-17(13-11-16)21(7)18(22)23-19(4,5)6/h14-17,20H,8-13H2,1-7H3. The zero-order valence-corrected chi connectivity index (χ0v) is 16.3. The highest BCUT2D eigenvalue weighted by Crippen LogP contribution is 2.24. The van der Waals surface area contributed by atoms with Gasteiger partial charge in [-0.1, -0.05) is 13.8 Å². The molecule has 1 amide bonds. The van der Waals surface area contributed by atoms with E-state index in [1.165, 1.54) is 12.8 Å². The van der Waals surface area contributed by atoms with Crippen LogP contribution in [0.2, 0.25) is 0 Å². The van der Waals surface area contributed by atoms with Gasteiger partial charge in [-0.05, 0) is 72.1 Å². The summed E-state index contributed by atoms with van der Waals surface area (Å²) in [4.78, 5) is 13.9. The van der Waals surface area contributed by atoms with E-state index >= 15 is 0 Å². The van der Waals surface area contributed by atoms with Crippen LogP contribution in [0.4, 0.5) is 4.79 Å². The van der Waals surface area contributed by atoms with E-state index in [9.17, 15) is 4.79 Å². The predicted molar refractivity (Wildman–Crippen MR) is 96.7 cm³/mol. The molecule has 0 aromatic heterocycles. The Hall–Kier alpha value is -0.770. The van der Waals surface area contributed by atoms with Crippen LogP contribution >= 0.6 is 0 Å². The van der Waals surface area contributed by atoms with Crippen molar-refractivity contribution in [2.75, 3.05) is 7.05 Å². The van der Waals surface area contributed by atoms with Crippen LogP contribution in [0, 0.1) is 5.92 Å². The summed E-state index contributed by atoms with van der Waals surface area (Å²) < 4.78 is 5.47. The second kappa shape index (κ2) is 8.91. The first-order chi connectivity index (χ1) is 10.6. The first kappa shape index (κ1) is 20.3. The van der Waals surface area contributed by atoms with E-state index in [0.717, 1.165) is 31.6 Å². The number of hydrogen-bond acceptors (Lipinski definition) is 3. The molecule has 0 radical (unpaired) electrons. The molecular formula is C19H38N2O2. The molecule has 1 unspecified atom stereocenters. The van der Waals surface area contributed by atoms with Crippen LogP contribution < -0.4 is 5.32 Å². The minimum absolute atomic E-state index is 0.195. The summed E-state index contributed by atoms with van der Waals surface area (Å²) in [6.45, 7) is 12.6. The Kier molecular flexibility index (Phi) is 7.85. The Labute approximate surface area is 143 Å². The van der Waals surface area contributed by atoms with Crippen LogP contribution in [0.5, 0.6) is 0 Å². The van der Waals surface area contributed by atoms with Gasteiger partial charge in [0.2, 0.25) is 0 Å². The summed E-state index contributed by atoms with van der Waals surface area (Å²) in [5.41, 5.74) is -0.421. The minimum atomic E-state index is -0.421. The first-order valence-corrected chi connectivity index (χ1v) is 9.30. The Morgan fingerprint density at radius 2 is 1.70 bits per heavy atom. The molecule has 1 saturated carbocycles. The molecule has 4 nitrogen and oxygen atoms in total. The molecule has 0 aromatic carbocycles. The third-order valence-corrected chi connectivity index (χ3v) is 4.62. The fourth-order valence-electron chi connectivity index (χ4n) is 3.18. The summed E-state index contributed by atoms with van der Waals surface area (Å²) in [5.74, 6) is 0.775. The van der Waals surface area contributed by atoms with Gasteiger partial charge < -0.3 is 15.0 Å². The van der Waals surface area contributed by atoms with Gasteiger partial charge in [0.25, 0.3) is 0 Å². The maximum atomic E-state index is 12.2. The van der Waals surface area contributed by atoms with Crippen molar-refractivity contribution < 1.29 is 9.53 Å². The lowest BCUT2D eigenvalue weighted by molar-refractivity contribution is 0.0178. The van der Waals surface area contributed by atoms with Crippen molar-refractivity contribution in [3.8, 4) is 0 Å². The van der Waals surface area contributed by atoms with Crippen LogP contribution in [-0.4, -0.2) is 41.8 Å². The predicted octanol–water partition coefficient (Wildman–Crippen LogP) is 4.58. The quantitative estimate of drug-likeness (QED) is 0.777. The molecule has 1 aliphatic carbocycles. The normalized spacial score (nSPS) is 23.7. The molecule has 1 fully saturated rings. The lowest BCUT2D eigenvalue weighted by atomic mass is 9.89. The number of amides is 1. The van der Waals surface area contributed by atoms with Crippen molar-refractivity contribution in [1.82, 2.24) is 10.2 Å². The van der Waals surface area contributed by atoms with Crippen LogP contribution in [-0.2, 0) is 4.74 Å². The summed E-state index contributed by atoms with van der Waals surface area (Å²) in [7, 11) is 1.87. The topological polar surface area (TPSA) is 41.6 Å². The van der Waals surface area contributed by atoms with Crippen molar-refractivity contribution in [2.45, 2.75) is 104 Å². The zero-order chi connectivity index (χ0) is 17.6. The number of nitrogens with zero attached hydrogens (tertiary/aromatic N) is 1. The summed E-state index contributed by atoms with van der Waals surface area (Å²) >= 11 is 0. The molecule has 4 heteroatoms. The molecule has 0 bridgehead atoms. The molecule has 0 heterocycles. The summed E-state index contributed by atoms with van der Waals surface area (Å²) in [6.07, 6.45) is 6.74. The molecule has 1 rings (SSSR count). The molecule has 23 heavy (non-hydrogen) atoms. The molecule has 0 saturated heterocycles. The molecule has 0 spiro atoms. The van der Waals surface area contributed by atoms with Gasteiger partial charge in [0.1, 0.15) is 5.60 Å². The fourth-order valence-corrected chi connectivity index (χ4v) is 3.18. The second-order valence-electron chi connectivity index (χ2n) is 8.64. The van der Waals surface area contributed by atoms with Crippen molar-refractivity contribution >= 4 is 6.09 Å². The molecule has 1 aliphatic rings. The van der Waals surface area contributed by atoms with Crippen LogP contribution in [0.3, 0.4) is 0 Å². The molecule has 0 aliphatic heterocycles. The fraction of sp³-hybridized carbons (Fsp3) is 0.947. The highest BCUT2D eigenvalue weighted by atomic mass is 16.6. The van der Waals surface area contributed by atoms with Crippen molar-refractivity contribution in [3.05, 3.63) is 0 Å². The SMILES string of the molecule is CC(C)CCC(C)NC1CCC(N(C)C(=O)OC(C)(C)C)CC1. The second-order valence-corrected chi connectivity index (χ2v) is 8.64. The van der Waals surface area contributed by atoms with Crippen LogP contribution in [0.25, 0.3) is 0 Å². The smallest absolute Gasteiger partial charge is 0.410 e. The number of carbonyl (C=O) groups excluding carboxylic acids is 1. The molecular weight excluding hydrogens is 288 g/mol. The average Bonchev–Trinajstić information content (AvgIpc) is 2.43. The van der Waals surface area contributed by atoms with Gasteiger partial charge in [0, 0.05) is 25.2 Å². The Morgan fingerprint density at radius 1 is 1.13 bits per heavy atom. The van der Waals surface area contributed by atoms with Gasteiger partial charge in [-0.2, -0.15) is 0 Å². The van der Waals surface area contributed by atoms with Crippen molar-refractivity contribution in [3.63, 3.8) is 0 Å². The van der Waals surface area contributed by atoms with Crippen LogP contribution in [0.1, 0.15) is 80.1 Å². The van der Waals surface area contributed by atoms with E-state index in [-0.39, 0.29) is 6.09 Å². The number of ether oxygens (including phenoxy) is 1. The minimum Gasteiger partial charge on any atom is -0.444 e. The molecule has 1 N–H and O–H groups in total. The molecule has 136 valence electrons.